The summed E-state index contributed by atoms with van der Waals surface area (Å²) in [5.74, 6) is -1.49. The third kappa shape index (κ3) is 4.52. The normalized spacial score (nSPS) is 20.2. The molecule has 2 atom stereocenters. The summed E-state index contributed by atoms with van der Waals surface area (Å²) >= 11 is 0. The molecule has 2 aliphatic rings. The van der Waals surface area contributed by atoms with E-state index in [1.165, 1.54) is 0 Å². The summed E-state index contributed by atoms with van der Waals surface area (Å²) in [6, 6.07) is 16.3. The Morgan fingerprint density at radius 1 is 1.12 bits per heavy atom. The lowest BCUT2D eigenvalue weighted by molar-refractivity contribution is -0.156. The lowest BCUT2D eigenvalue weighted by atomic mass is 9.77. The third-order valence-corrected chi connectivity index (χ3v) is 7.34. The van der Waals surface area contributed by atoms with E-state index in [0.717, 1.165) is 22.3 Å². The van der Waals surface area contributed by atoms with Crippen molar-refractivity contribution in [3.63, 3.8) is 0 Å². The SMILES string of the molecule is CCC1(C(=O)O)CCCN(C(=O)C(C)CNC(=O)OCC2c3ccccc3-c3ccccc32)C1. The quantitative estimate of drug-likeness (QED) is 0.638. The molecule has 1 heterocycles. The van der Waals surface area contributed by atoms with Gasteiger partial charge in [-0.15, -0.1) is 0 Å². The Labute approximate surface area is 200 Å². The van der Waals surface area contributed by atoms with E-state index >= 15 is 0 Å². The summed E-state index contributed by atoms with van der Waals surface area (Å²) < 4.78 is 5.54. The number of hydrogen-bond donors (Lipinski definition) is 2. The first-order chi connectivity index (χ1) is 16.4. The molecular formula is C27H32N2O5. The van der Waals surface area contributed by atoms with Gasteiger partial charge in [-0.2, -0.15) is 0 Å². The lowest BCUT2D eigenvalue weighted by Crippen LogP contribution is -2.51. The second kappa shape index (κ2) is 9.87. The lowest BCUT2D eigenvalue weighted by Gasteiger charge is -2.40. The number of carboxylic acid groups (broad SMARTS) is 1. The molecule has 2 N–H and O–H groups in total. The van der Waals surface area contributed by atoms with Crippen molar-refractivity contribution in [3.05, 3.63) is 59.7 Å². The second-order valence-electron chi connectivity index (χ2n) is 9.41. The number of nitrogens with one attached hydrogen (secondary N) is 1. The van der Waals surface area contributed by atoms with Crippen LogP contribution < -0.4 is 5.32 Å². The van der Waals surface area contributed by atoms with Gasteiger partial charge in [0.1, 0.15) is 6.61 Å². The van der Waals surface area contributed by atoms with Crippen molar-refractivity contribution in [3.8, 4) is 11.1 Å². The van der Waals surface area contributed by atoms with Crippen molar-refractivity contribution in [2.75, 3.05) is 26.2 Å². The summed E-state index contributed by atoms with van der Waals surface area (Å²) in [6.07, 6.45) is 1.17. The van der Waals surface area contributed by atoms with E-state index in [0.29, 0.717) is 25.8 Å². The van der Waals surface area contributed by atoms with Gasteiger partial charge in [-0.3, -0.25) is 9.59 Å². The molecule has 0 spiro atoms. The predicted octanol–water partition coefficient (Wildman–Crippen LogP) is 4.26. The Kier molecular flexibility index (Phi) is 6.91. The molecule has 1 fully saturated rings. The van der Waals surface area contributed by atoms with Gasteiger partial charge in [0.25, 0.3) is 0 Å². The van der Waals surface area contributed by atoms with Gasteiger partial charge in [0.15, 0.2) is 0 Å². The fraction of sp³-hybridized carbons (Fsp3) is 0.444. The van der Waals surface area contributed by atoms with Crippen molar-refractivity contribution < 1.29 is 24.2 Å². The van der Waals surface area contributed by atoms with E-state index in [9.17, 15) is 19.5 Å². The number of amides is 2. The minimum absolute atomic E-state index is 0.0243. The van der Waals surface area contributed by atoms with Crippen LogP contribution in [0.4, 0.5) is 4.79 Å². The van der Waals surface area contributed by atoms with Crippen LogP contribution in [0.1, 0.15) is 50.2 Å². The molecule has 2 aromatic carbocycles. The fourth-order valence-corrected chi connectivity index (χ4v) is 5.22. The predicted molar refractivity (Wildman–Crippen MR) is 128 cm³/mol. The van der Waals surface area contributed by atoms with Crippen LogP contribution in [0.5, 0.6) is 0 Å². The monoisotopic (exact) mass is 464 g/mol. The van der Waals surface area contributed by atoms with Crippen LogP contribution in [0.15, 0.2) is 48.5 Å². The van der Waals surface area contributed by atoms with Crippen LogP contribution in [0.3, 0.4) is 0 Å². The first-order valence-electron chi connectivity index (χ1n) is 12.0. The zero-order chi connectivity index (χ0) is 24.3. The Hall–Kier alpha value is -3.35. The molecule has 2 unspecified atom stereocenters. The van der Waals surface area contributed by atoms with E-state index < -0.39 is 23.4 Å². The highest BCUT2D eigenvalue weighted by Gasteiger charge is 2.42. The van der Waals surface area contributed by atoms with Gasteiger partial charge in [-0.25, -0.2) is 4.79 Å². The molecule has 2 amide bonds. The zero-order valence-electron chi connectivity index (χ0n) is 19.8. The molecule has 7 nitrogen and oxygen atoms in total. The maximum atomic E-state index is 12.9. The number of fused-ring (bicyclic) bond motifs is 3. The molecule has 2 aromatic rings. The number of carboxylic acids is 1. The van der Waals surface area contributed by atoms with Crippen molar-refractivity contribution in [1.29, 1.82) is 0 Å². The van der Waals surface area contributed by atoms with Gasteiger partial charge in [-0.1, -0.05) is 62.4 Å². The minimum Gasteiger partial charge on any atom is -0.481 e. The van der Waals surface area contributed by atoms with Crippen LogP contribution in [-0.4, -0.2) is 54.2 Å². The molecule has 1 saturated heterocycles. The highest BCUT2D eigenvalue weighted by Crippen LogP contribution is 2.44. The van der Waals surface area contributed by atoms with Gasteiger partial charge in [0.2, 0.25) is 5.91 Å². The Morgan fingerprint density at radius 3 is 2.32 bits per heavy atom. The molecule has 1 aliphatic carbocycles. The number of rotatable bonds is 7. The maximum absolute atomic E-state index is 12.9. The van der Waals surface area contributed by atoms with Crippen molar-refractivity contribution in [1.82, 2.24) is 10.2 Å². The second-order valence-corrected chi connectivity index (χ2v) is 9.41. The number of piperidine rings is 1. The highest BCUT2D eigenvalue weighted by atomic mass is 16.5. The first-order valence-corrected chi connectivity index (χ1v) is 12.0. The zero-order valence-corrected chi connectivity index (χ0v) is 19.8. The Balaban J connectivity index is 1.31. The number of alkyl carbamates (subject to hydrolysis) is 1. The summed E-state index contributed by atoms with van der Waals surface area (Å²) in [5, 5.41) is 12.4. The molecule has 0 saturated carbocycles. The van der Waals surface area contributed by atoms with Crippen molar-refractivity contribution in [2.45, 2.75) is 39.0 Å². The number of benzene rings is 2. The van der Waals surface area contributed by atoms with E-state index in [1.807, 2.05) is 31.2 Å². The summed E-state index contributed by atoms with van der Waals surface area (Å²) in [4.78, 5) is 38.8. The van der Waals surface area contributed by atoms with E-state index in [2.05, 4.69) is 29.6 Å². The van der Waals surface area contributed by atoms with Crippen LogP contribution in [-0.2, 0) is 14.3 Å². The summed E-state index contributed by atoms with van der Waals surface area (Å²) in [6.45, 7) is 4.71. The minimum atomic E-state index is -0.881. The molecule has 7 heteroatoms. The number of carbonyl (C=O) groups is 3. The van der Waals surface area contributed by atoms with Crippen molar-refractivity contribution in [2.24, 2.45) is 11.3 Å². The van der Waals surface area contributed by atoms with Gasteiger partial charge < -0.3 is 20.1 Å². The van der Waals surface area contributed by atoms with Gasteiger partial charge in [0.05, 0.1) is 11.3 Å². The summed E-state index contributed by atoms with van der Waals surface area (Å²) in [7, 11) is 0. The topological polar surface area (TPSA) is 95.9 Å². The largest absolute Gasteiger partial charge is 0.481 e. The van der Waals surface area contributed by atoms with Crippen LogP contribution in [0.2, 0.25) is 0 Å². The van der Waals surface area contributed by atoms with E-state index in [4.69, 9.17) is 4.74 Å². The molecule has 180 valence electrons. The molecule has 0 bridgehead atoms. The number of hydrogen-bond acceptors (Lipinski definition) is 4. The average Bonchev–Trinajstić information content (AvgIpc) is 3.19. The van der Waals surface area contributed by atoms with Crippen LogP contribution >= 0.6 is 0 Å². The number of ether oxygens (including phenoxy) is 1. The van der Waals surface area contributed by atoms with E-state index in [1.54, 1.807) is 11.8 Å². The molecule has 4 rings (SSSR count). The van der Waals surface area contributed by atoms with Crippen molar-refractivity contribution >= 4 is 18.0 Å². The first kappa shape index (κ1) is 23.8. The molecule has 0 radical (unpaired) electrons. The number of nitrogens with zero attached hydrogens (tertiary/aromatic N) is 1. The Morgan fingerprint density at radius 2 is 1.74 bits per heavy atom. The highest BCUT2D eigenvalue weighted by molar-refractivity contribution is 5.82. The summed E-state index contributed by atoms with van der Waals surface area (Å²) in [5.41, 5.74) is 3.73. The van der Waals surface area contributed by atoms with Gasteiger partial charge in [-0.05, 0) is 41.5 Å². The smallest absolute Gasteiger partial charge is 0.407 e. The third-order valence-electron chi connectivity index (χ3n) is 7.34. The molecule has 1 aliphatic heterocycles. The average molecular weight is 465 g/mol. The van der Waals surface area contributed by atoms with Crippen LogP contribution in [0.25, 0.3) is 11.1 Å². The fourth-order valence-electron chi connectivity index (χ4n) is 5.22. The molecule has 0 aromatic heterocycles. The standard InChI is InChI=1S/C27H32N2O5/c1-3-27(25(31)32)13-8-14-29(17-27)24(30)18(2)15-28-26(33)34-16-23-21-11-6-4-9-19(21)20-10-5-7-12-22(20)23/h4-7,9-12,18,23H,3,8,13-17H2,1-2H3,(H,28,33)(H,31,32). The van der Waals surface area contributed by atoms with Gasteiger partial charge in [0, 0.05) is 25.6 Å². The van der Waals surface area contributed by atoms with Crippen LogP contribution in [0, 0.1) is 11.3 Å². The van der Waals surface area contributed by atoms with Gasteiger partial charge >= 0.3 is 12.1 Å². The van der Waals surface area contributed by atoms with E-state index in [-0.39, 0.29) is 31.5 Å². The number of aliphatic carboxylic acids is 1. The molecule has 34 heavy (non-hydrogen) atoms. The molecular weight excluding hydrogens is 432 g/mol. The number of carbonyl (C=O) groups excluding carboxylic acids is 2. The maximum Gasteiger partial charge on any atom is 0.407 e. The Bertz CT molecular complexity index is 1040. The number of likely N-dealkylation sites (tertiary alicyclic amines) is 1.